The van der Waals surface area contributed by atoms with Gasteiger partial charge in [-0.2, -0.15) is 0 Å². The third kappa shape index (κ3) is 4.84. The summed E-state index contributed by atoms with van der Waals surface area (Å²) >= 11 is 2.72. The fourth-order valence-corrected chi connectivity index (χ4v) is 8.20. The van der Waals surface area contributed by atoms with Gasteiger partial charge in [-0.05, 0) is 83.9 Å². The maximum Gasteiger partial charge on any atom is 0.255 e. The predicted molar refractivity (Wildman–Crippen MR) is 168 cm³/mol. The van der Waals surface area contributed by atoms with E-state index in [-0.39, 0.29) is 10.8 Å². The number of fused-ring (bicyclic) bond motifs is 3. The van der Waals surface area contributed by atoms with Crippen LogP contribution in [0.3, 0.4) is 0 Å². The molecule has 7 aromatic rings. The molecule has 0 fully saturated rings. The summed E-state index contributed by atoms with van der Waals surface area (Å²) in [5.41, 5.74) is 4.73. The third-order valence-electron chi connectivity index (χ3n) is 7.00. The van der Waals surface area contributed by atoms with Crippen molar-refractivity contribution in [1.29, 1.82) is 0 Å². The van der Waals surface area contributed by atoms with Gasteiger partial charge in [0.25, 0.3) is 5.91 Å². The molecule has 7 nitrogen and oxygen atoms in total. The number of carbonyl (C=O) groups excluding carboxylic acids is 1. The molecule has 10 heteroatoms. The van der Waals surface area contributed by atoms with Crippen LogP contribution in [0.1, 0.15) is 15.9 Å². The molecule has 0 saturated carbocycles. The van der Waals surface area contributed by atoms with Gasteiger partial charge in [0.05, 0.1) is 25.3 Å². The topological polar surface area (TPSA) is 112 Å². The van der Waals surface area contributed by atoms with Crippen molar-refractivity contribution in [3.63, 3.8) is 0 Å². The highest BCUT2D eigenvalue weighted by molar-refractivity contribution is 7.86. The Hall–Kier alpha value is -4.48. The van der Waals surface area contributed by atoms with Crippen molar-refractivity contribution in [3.05, 3.63) is 108 Å². The second kappa shape index (κ2) is 10.1. The summed E-state index contributed by atoms with van der Waals surface area (Å²) in [6, 6.07) is 30.3. The standard InChI is InChI=1S/C32H21N3O4S3/c1-18-6-14-26-28(29(18)42(37,38)39)41-32(35-26)23-11-15-25-27(17-23)40-31(34-25)20-9-12-24(13-10-20)33-30(36)22-8-7-19-4-2-3-5-21(19)16-22/h2-17H,1H3,(H,33,36)(H,37,38,39)/p-1. The molecular weight excluding hydrogens is 587 g/mol. The summed E-state index contributed by atoms with van der Waals surface area (Å²) < 4.78 is 37.0. The van der Waals surface area contributed by atoms with Crippen LogP contribution >= 0.6 is 22.7 Å². The minimum absolute atomic E-state index is 0.175. The summed E-state index contributed by atoms with van der Waals surface area (Å²) in [5, 5.41) is 6.51. The summed E-state index contributed by atoms with van der Waals surface area (Å²) in [6.45, 7) is 1.61. The van der Waals surface area contributed by atoms with Gasteiger partial charge in [-0.1, -0.05) is 36.4 Å². The predicted octanol–water partition coefficient (Wildman–Crippen LogP) is 7.86. The summed E-state index contributed by atoms with van der Waals surface area (Å²) in [6.07, 6.45) is 0. The normalized spacial score (nSPS) is 11.9. The Labute approximate surface area is 248 Å². The number of aryl methyl sites for hydroxylation is 1. The first-order valence-electron chi connectivity index (χ1n) is 12.9. The molecule has 0 unspecified atom stereocenters. The molecule has 0 saturated heterocycles. The number of hydrogen-bond donors (Lipinski definition) is 1. The molecule has 0 radical (unpaired) electrons. The second-order valence-electron chi connectivity index (χ2n) is 9.83. The largest absolute Gasteiger partial charge is 0.744 e. The van der Waals surface area contributed by atoms with E-state index in [9.17, 15) is 17.8 Å². The third-order valence-corrected chi connectivity index (χ3v) is 10.4. The SMILES string of the molecule is Cc1ccc2nc(-c3ccc4nc(-c5ccc(NC(=O)c6ccc7ccccc7c6)cc5)sc4c3)sc2c1S(=O)(=O)[O-]. The molecule has 5 aromatic carbocycles. The number of nitrogens with zero attached hydrogens (tertiary/aromatic N) is 2. The molecule has 1 amide bonds. The molecule has 0 aliphatic rings. The van der Waals surface area contributed by atoms with E-state index in [0.717, 1.165) is 37.1 Å². The first-order valence-corrected chi connectivity index (χ1v) is 15.9. The van der Waals surface area contributed by atoms with Crippen LogP contribution in [0.15, 0.2) is 102 Å². The van der Waals surface area contributed by atoms with Crippen LogP contribution in [0.5, 0.6) is 0 Å². The van der Waals surface area contributed by atoms with E-state index in [1.807, 2.05) is 84.9 Å². The van der Waals surface area contributed by atoms with Crippen molar-refractivity contribution in [2.45, 2.75) is 11.8 Å². The highest BCUT2D eigenvalue weighted by Gasteiger charge is 2.17. The number of anilines is 1. The van der Waals surface area contributed by atoms with Crippen molar-refractivity contribution in [3.8, 4) is 21.1 Å². The average molecular weight is 607 g/mol. The Morgan fingerprint density at radius 1 is 0.762 bits per heavy atom. The smallest absolute Gasteiger partial charge is 0.255 e. The summed E-state index contributed by atoms with van der Waals surface area (Å²) in [5.74, 6) is -0.175. The molecular formula is C32H20N3O4S3-. The van der Waals surface area contributed by atoms with Crippen molar-refractivity contribution in [2.24, 2.45) is 0 Å². The fourth-order valence-electron chi connectivity index (χ4n) is 4.91. The molecule has 2 heterocycles. The fraction of sp³-hybridized carbons (Fsp3) is 0.0312. The van der Waals surface area contributed by atoms with Crippen LogP contribution in [0.4, 0.5) is 5.69 Å². The lowest BCUT2D eigenvalue weighted by Gasteiger charge is -2.10. The number of nitrogens with one attached hydrogen (secondary N) is 1. The van der Waals surface area contributed by atoms with Crippen LogP contribution in [0.25, 0.3) is 52.3 Å². The molecule has 0 bridgehead atoms. The maximum atomic E-state index is 12.8. The van der Waals surface area contributed by atoms with E-state index in [0.29, 0.717) is 32.0 Å². The van der Waals surface area contributed by atoms with Gasteiger partial charge >= 0.3 is 0 Å². The average Bonchev–Trinajstić information content (AvgIpc) is 3.60. The van der Waals surface area contributed by atoms with Gasteiger partial charge in [0, 0.05) is 22.4 Å². The van der Waals surface area contributed by atoms with E-state index < -0.39 is 10.1 Å². The van der Waals surface area contributed by atoms with E-state index in [4.69, 9.17) is 4.98 Å². The number of amides is 1. The molecule has 0 aliphatic carbocycles. The number of hydrogen-bond acceptors (Lipinski definition) is 8. The van der Waals surface area contributed by atoms with Crippen molar-refractivity contribution in [1.82, 2.24) is 9.97 Å². The Balaban J connectivity index is 1.14. The van der Waals surface area contributed by atoms with Crippen LogP contribution in [-0.4, -0.2) is 28.8 Å². The number of aromatic nitrogens is 2. The van der Waals surface area contributed by atoms with E-state index >= 15 is 0 Å². The molecule has 0 aliphatic heterocycles. The zero-order valence-electron chi connectivity index (χ0n) is 22.0. The number of carbonyl (C=O) groups is 1. The van der Waals surface area contributed by atoms with Gasteiger partial charge in [-0.25, -0.2) is 18.4 Å². The van der Waals surface area contributed by atoms with Crippen molar-refractivity contribution in [2.75, 3.05) is 5.32 Å². The lowest BCUT2D eigenvalue weighted by atomic mass is 10.1. The highest BCUT2D eigenvalue weighted by atomic mass is 32.2. The molecule has 206 valence electrons. The molecule has 2 aromatic heterocycles. The number of thiazole rings is 2. The van der Waals surface area contributed by atoms with E-state index in [1.165, 1.54) is 22.7 Å². The summed E-state index contributed by atoms with van der Waals surface area (Å²) in [4.78, 5) is 22.0. The lowest BCUT2D eigenvalue weighted by Crippen LogP contribution is -2.11. The quantitative estimate of drug-likeness (QED) is 0.200. The number of rotatable bonds is 5. The monoisotopic (exact) mass is 606 g/mol. The minimum atomic E-state index is -4.63. The van der Waals surface area contributed by atoms with Crippen LogP contribution in [0.2, 0.25) is 0 Å². The lowest BCUT2D eigenvalue weighted by molar-refractivity contribution is 0.102. The zero-order valence-corrected chi connectivity index (χ0v) is 24.4. The Kier molecular flexibility index (Phi) is 6.36. The molecule has 7 rings (SSSR count). The Morgan fingerprint density at radius 3 is 2.24 bits per heavy atom. The van der Waals surface area contributed by atoms with Gasteiger partial charge in [-0.3, -0.25) is 4.79 Å². The van der Waals surface area contributed by atoms with Gasteiger partial charge in [0.2, 0.25) is 0 Å². The highest BCUT2D eigenvalue weighted by Crippen LogP contribution is 2.38. The zero-order chi connectivity index (χ0) is 29.0. The van der Waals surface area contributed by atoms with Gasteiger partial charge in [-0.15, -0.1) is 22.7 Å². The molecule has 42 heavy (non-hydrogen) atoms. The molecule has 1 N–H and O–H groups in total. The first-order chi connectivity index (χ1) is 20.2. The van der Waals surface area contributed by atoms with Crippen LogP contribution in [-0.2, 0) is 10.1 Å². The van der Waals surface area contributed by atoms with Crippen molar-refractivity contribution < 1.29 is 17.8 Å². The number of benzene rings is 5. The minimum Gasteiger partial charge on any atom is -0.744 e. The Morgan fingerprint density at radius 2 is 1.45 bits per heavy atom. The van der Waals surface area contributed by atoms with E-state index in [1.54, 1.807) is 19.1 Å². The molecule has 0 atom stereocenters. The van der Waals surface area contributed by atoms with Crippen LogP contribution in [0, 0.1) is 6.92 Å². The van der Waals surface area contributed by atoms with Gasteiger partial charge in [0.1, 0.15) is 20.1 Å². The maximum absolute atomic E-state index is 12.8. The Bertz CT molecular complexity index is 2290. The molecule has 0 spiro atoms. The first kappa shape index (κ1) is 26.4. The van der Waals surface area contributed by atoms with Crippen molar-refractivity contribution >= 4 is 75.6 Å². The van der Waals surface area contributed by atoms with E-state index in [2.05, 4.69) is 10.3 Å². The van der Waals surface area contributed by atoms with Gasteiger partial charge in [0.15, 0.2) is 0 Å². The van der Waals surface area contributed by atoms with Crippen LogP contribution < -0.4 is 5.32 Å². The summed E-state index contributed by atoms with van der Waals surface area (Å²) in [7, 11) is -4.63. The van der Waals surface area contributed by atoms with Gasteiger partial charge < -0.3 is 9.87 Å². The second-order valence-corrected chi connectivity index (χ2v) is 13.2.